The number of urea groups is 1. The smallest absolute Gasteiger partial charge is 0.317 e. The molecule has 1 saturated heterocycles. The number of amides is 2. The van der Waals surface area contributed by atoms with Gasteiger partial charge in [0.05, 0.1) is 18.1 Å². The Labute approximate surface area is 107 Å². The van der Waals surface area contributed by atoms with E-state index in [1.54, 1.807) is 7.05 Å². The maximum absolute atomic E-state index is 11.6. The van der Waals surface area contributed by atoms with Gasteiger partial charge in [-0.3, -0.25) is 4.79 Å². The van der Waals surface area contributed by atoms with Crippen LogP contribution in [0, 0.1) is 0 Å². The van der Waals surface area contributed by atoms with Crippen molar-refractivity contribution in [2.75, 3.05) is 20.1 Å². The molecule has 1 unspecified atom stereocenters. The van der Waals surface area contributed by atoms with Crippen LogP contribution in [-0.4, -0.2) is 53.8 Å². The molecule has 0 aliphatic carbocycles. The lowest BCUT2D eigenvalue weighted by molar-refractivity contribution is -0.137. The number of rotatable bonds is 5. The first kappa shape index (κ1) is 14.8. The van der Waals surface area contributed by atoms with Crippen LogP contribution in [0.2, 0.25) is 0 Å². The fourth-order valence-corrected chi connectivity index (χ4v) is 1.92. The van der Waals surface area contributed by atoms with Gasteiger partial charge in [0.25, 0.3) is 0 Å². The van der Waals surface area contributed by atoms with Gasteiger partial charge >= 0.3 is 12.0 Å². The van der Waals surface area contributed by atoms with E-state index >= 15 is 0 Å². The summed E-state index contributed by atoms with van der Waals surface area (Å²) in [6, 6.07) is -0.260. The second-order valence-corrected chi connectivity index (χ2v) is 5.29. The van der Waals surface area contributed by atoms with Crippen molar-refractivity contribution in [1.82, 2.24) is 10.2 Å². The van der Waals surface area contributed by atoms with Crippen LogP contribution in [0.15, 0.2) is 0 Å². The summed E-state index contributed by atoms with van der Waals surface area (Å²) in [5.74, 6) is -0.907. The molecule has 0 aromatic heterocycles. The van der Waals surface area contributed by atoms with Crippen LogP contribution in [0.5, 0.6) is 0 Å². The molecule has 2 amide bonds. The highest BCUT2D eigenvalue weighted by molar-refractivity contribution is 5.75. The summed E-state index contributed by atoms with van der Waals surface area (Å²) >= 11 is 0. The van der Waals surface area contributed by atoms with Crippen molar-refractivity contribution in [3.8, 4) is 0 Å². The Kier molecular flexibility index (Phi) is 4.95. The van der Waals surface area contributed by atoms with Crippen molar-refractivity contribution in [3.63, 3.8) is 0 Å². The summed E-state index contributed by atoms with van der Waals surface area (Å²) in [5.41, 5.74) is -0.107. The summed E-state index contributed by atoms with van der Waals surface area (Å²) in [6.07, 6.45) is 1.93. The van der Waals surface area contributed by atoms with E-state index in [1.165, 1.54) is 4.90 Å². The van der Waals surface area contributed by atoms with E-state index in [9.17, 15) is 9.59 Å². The van der Waals surface area contributed by atoms with E-state index < -0.39 is 5.97 Å². The molecule has 1 fully saturated rings. The molecule has 0 spiro atoms. The summed E-state index contributed by atoms with van der Waals surface area (Å²) in [5, 5.41) is 11.3. The predicted molar refractivity (Wildman–Crippen MR) is 66.5 cm³/mol. The molecule has 0 bridgehead atoms. The van der Waals surface area contributed by atoms with Gasteiger partial charge in [-0.1, -0.05) is 0 Å². The summed E-state index contributed by atoms with van der Waals surface area (Å²) in [4.78, 5) is 23.4. The minimum atomic E-state index is -0.907. The first-order valence-electron chi connectivity index (χ1n) is 6.19. The zero-order valence-corrected chi connectivity index (χ0v) is 11.2. The molecule has 0 saturated carbocycles. The van der Waals surface area contributed by atoms with E-state index in [0.717, 1.165) is 12.8 Å². The molecule has 6 nitrogen and oxygen atoms in total. The summed E-state index contributed by atoms with van der Waals surface area (Å²) in [6.45, 7) is 4.75. The number of nitrogens with one attached hydrogen (secondary N) is 1. The van der Waals surface area contributed by atoms with Gasteiger partial charge in [0.1, 0.15) is 0 Å². The fraction of sp³-hybridized carbons (Fsp3) is 0.833. The van der Waals surface area contributed by atoms with Gasteiger partial charge in [-0.05, 0) is 26.7 Å². The molecule has 2 N–H and O–H groups in total. The molecule has 18 heavy (non-hydrogen) atoms. The lowest BCUT2D eigenvalue weighted by Crippen LogP contribution is -2.42. The van der Waals surface area contributed by atoms with Crippen molar-refractivity contribution in [2.24, 2.45) is 0 Å². The number of nitrogens with zero attached hydrogens (tertiary/aromatic N) is 1. The average Bonchev–Trinajstić information content (AvgIpc) is 2.62. The van der Waals surface area contributed by atoms with E-state index in [0.29, 0.717) is 6.54 Å². The number of hydrogen-bond acceptors (Lipinski definition) is 3. The zero-order valence-electron chi connectivity index (χ0n) is 11.2. The molecule has 1 rings (SSSR count). The van der Waals surface area contributed by atoms with Crippen LogP contribution in [-0.2, 0) is 9.53 Å². The van der Waals surface area contributed by atoms with Crippen molar-refractivity contribution in [2.45, 2.75) is 44.8 Å². The van der Waals surface area contributed by atoms with E-state index in [1.807, 2.05) is 13.8 Å². The first-order chi connectivity index (χ1) is 8.30. The second kappa shape index (κ2) is 6.04. The van der Waals surface area contributed by atoms with Gasteiger partial charge in [-0.2, -0.15) is 0 Å². The van der Waals surface area contributed by atoms with Crippen LogP contribution in [0.25, 0.3) is 0 Å². The number of carbonyl (C=O) groups is 2. The maximum Gasteiger partial charge on any atom is 0.317 e. The summed E-state index contributed by atoms with van der Waals surface area (Å²) < 4.78 is 5.75. The lowest BCUT2D eigenvalue weighted by atomic mass is 10.1. The Hall–Kier alpha value is -1.30. The topological polar surface area (TPSA) is 78.9 Å². The highest BCUT2D eigenvalue weighted by atomic mass is 16.5. The molecule has 1 aliphatic heterocycles. The number of carbonyl (C=O) groups excluding carboxylic acids is 1. The number of hydrogen-bond donors (Lipinski definition) is 2. The average molecular weight is 258 g/mol. The minimum absolute atomic E-state index is 0.0448. The molecule has 6 heteroatoms. The minimum Gasteiger partial charge on any atom is -0.481 e. The molecule has 1 heterocycles. The third-order valence-corrected chi connectivity index (χ3v) is 3.04. The normalized spacial score (nSPS) is 21.6. The standard InChI is InChI=1S/C12H22N2O4/c1-12(2)6-4-9(18-12)8-13-11(17)14(3)7-5-10(15)16/h9H,4-8H2,1-3H3,(H,13,17)(H,15,16). The number of carboxylic acid groups (broad SMARTS) is 1. The predicted octanol–water partition coefficient (Wildman–Crippen LogP) is 1.06. The highest BCUT2D eigenvalue weighted by Crippen LogP contribution is 2.28. The SMILES string of the molecule is CN(CCC(=O)O)C(=O)NCC1CCC(C)(C)O1. The third kappa shape index (κ3) is 4.91. The molecule has 0 radical (unpaired) electrons. The maximum atomic E-state index is 11.6. The van der Waals surface area contributed by atoms with Gasteiger partial charge in [0.2, 0.25) is 0 Å². The number of aliphatic carboxylic acids is 1. The number of carboxylic acids is 1. The Balaban J connectivity index is 2.22. The molecular weight excluding hydrogens is 236 g/mol. The molecule has 0 aromatic rings. The Morgan fingerprint density at radius 2 is 2.17 bits per heavy atom. The van der Waals surface area contributed by atoms with Crippen LogP contribution < -0.4 is 5.32 Å². The quantitative estimate of drug-likeness (QED) is 0.773. The second-order valence-electron chi connectivity index (χ2n) is 5.29. The van der Waals surface area contributed by atoms with Crippen LogP contribution in [0.3, 0.4) is 0 Å². The Morgan fingerprint density at radius 3 is 2.67 bits per heavy atom. The van der Waals surface area contributed by atoms with Gasteiger partial charge in [0, 0.05) is 20.1 Å². The van der Waals surface area contributed by atoms with Crippen LogP contribution in [0.4, 0.5) is 4.79 Å². The lowest BCUT2D eigenvalue weighted by Gasteiger charge is -2.21. The fourth-order valence-electron chi connectivity index (χ4n) is 1.92. The largest absolute Gasteiger partial charge is 0.481 e. The Bertz CT molecular complexity index is 317. The molecule has 1 aliphatic rings. The molecule has 1 atom stereocenters. The van der Waals surface area contributed by atoms with Gasteiger partial charge in [0.15, 0.2) is 0 Å². The molecule has 0 aromatic carbocycles. The first-order valence-corrected chi connectivity index (χ1v) is 6.19. The van der Waals surface area contributed by atoms with E-state index in [4.69, 9.17) is 9.84 Å². The van der Waals surface area contributed by atoms with Crippen LogP contribution in [0.1, 0.15) is 33.1 Å². The van der Waals surface area contributed by atoms with Crippen molar-refractivity contribution in [1.29, 1.82) is 0 Å². The van der Waals surface area contributed by atoms with Crippen molar-refractivity contribution < 1.29 is 19.4 Å². The molecule has 104 valence electrons. The van der Waals surface area contributed by atoms with Crippen molar-refractivity contribution >= 4 is 12.0 Å². The monoisotopic (exact) mass is 258 g/mol. The zero-order chi connectivity index (χ0) is 13.8. The van der Waals surface area contributed by atoms with Gasteiger partial charge in [-0.25, -0.2) is 4.79 Å². The summed E-state index contributed by atoms with van der Waals surface area (Å²) in [7, 11) is 1.58. The van der Waals surface area contributed by atoms with Crippen molar-refractivity contribution in [3.05, 3.63) is 0 Å². The highest BCUT2D eigenvalue weighted by Gasteiger charge is 2.31. The number of ether oxygens (including phenoxy) is 1. The van der Waals surface area contributed by atoms with E-state index in [2.05, 4.69) is 5.32 Å². The third-order valence-electron chi connectivity index (χ3n) is 3.04. The molecular formula is C12H22N2O4. The Morgan fingerprint density at radius 1 is 1.50 bits per heavy atom. The van der Waals surface area contributed by atoms with Crippen LogP contribution >= 0.6 is 0 Å². The van der Waals surface area contributed by atoms with Gasteiger partial charge in [-0.15, -0.1) is 0 Å². The van der Waals surface area contributed by atoms with E-state index in [-0.39, 0.29) is 30.7 Å². The van der Waals surface area contributed by atoms with Gasteiger partial charge < -0.3 is 20.1 Å².